The number of anilines is 4. The molecule has 0 aliphatic carbocycles. The monoisotopic (exact) mass is 725 g/mol. The van der Waals surface area contributed by atoms with E-state index in [0.29, 0.717) is 11.4 Å². The summed E-state index contributed by atoms with van der Waals surface area (Å²) in [4.78, 5) is 63.4. The topological polar surface area (TPSA) is 250 Å². The van der Waals surface area contributed by atoms with E-state index in [0.717, 1.165) is 0 Å². The number of aromatic nitrogens is 6. The highest BCUT2D eigenvalue weighted by atomic mass is 79.9. The Bertz CT molecular complexity index is 1960. The lowest BCUT2D eigenvalue weighted by molar-refractivity contribution is -0.112. The highest BCUT2D eigenvalue weighted by molar-refractivity contribution is 9.12. The van der Waals surface area contributed by atoms with E-state index in [1.54, 1.807) is 26.5 Å². The van der Waals surface area contributed by atoms with Gasteiger partial charge in [-0.2, -0.15) is 10.2 Å². The third kappa shape index (κ3) is 8.15. The summed E-state index contributed by atoms with van der Waals surface area (Å²) in [7, 11) is 6.30. The van der Waals surface area contributed by atoms with E-state index in [4.69, 9.17) is 10.9 Å². The number of aryl methyl sites for hydroxylation is 4. The molecule has 0 radical (unpaired) electrons. The first-order chi connectivity index (χ1) is 22.7. The summed E-state index contributed by atoms with van der Waals surface area (Å²) in [5.74, 6) is -2.39. The molecule has 252 valence electrons. The fourth-order valence-corrected chi connectivity index (χ4v) is 4.50. The summed E-state index contributed by atoms with van der Waals surface area (Å²) in [5, 5.41) is 32.9. The first-order valence-corrected chi connectivity index (χ1v) is 14.7. The van der Waals surface area contributed by atoms with E-state index in [9.17, 15) is 24.0 Å². The number of carbonyl (C=O) groups excluding carboxylic acids is 5. The quantitative estimate of drug-likeness (QED) is 0.0365. The van der Waals surface area contributed by atoms with Gasteiger partial charge >= 0.3 is 0 Å². The Balaban J connectivity index is 1.38. The van der Waals surface area contributed by atoms with Crippen molar-refractivity contribution in [1.82, 2.24) is 34.0 Å². The zero-order chi connectivity index (χ0) is 35.3. The molecule has 4 aromatic heterocycles. The zero-order valence-electron chi connectivity index (χ0n) is 26.2. The van der Waals surface area contributed by atoms with Crippen molar-refractivity contribution < 1.29 is 29.2 Å². The minimum Gasteiger partial charge on any atom is -0.409 e. The Morgan fingerprint density at radius 1 is 0.771 bits per heavy atom. The number of rotatable bonds is 12. The van der Waals surface area contributed by atoms with Crippen molar-refractivity contribution in [2.45, 2.75) is 6.42 Å². The van der Waals surface area contributed by atoms with Crippen LogP contribution in [0.25, 0.3) is 0 Å². The summed E-state index contributed by atoms with van der Waals surface area (Å²) in [6.07, 6.45) is 3.26. The number of halogens is 1. The first-order valence-electron chi connectivity index (χ1n) is 13.9. The number of oxime groups is 1. The minimum absolute atomic E-state index is 0.0226. The minimum atomic E-state index is -0.587. The zero-order valence-corrected chi connectivity index (χ0v) is 27.7. The van der Waals surface area contributed by atoms with Crippen LogP contribution in [0.3, 0.4) is 0 Å². The molecule has 4 aromatic rings. The molecule has 4 rings (SSSR count). The van der Waals surface area contributed by atoms with Crippen molar-refractivity contribution in [2.75, 3.05) is 27.8 Å². The van der Waals surface area contributed by atoms with Gasteiger partial charge < -0.3 is 46.7 Å². The summed E-state index contributed by atoms with van der Waals surface area (Å²) < 4.78 is 5.68. The molecule has 0 spiro atoms. The van der Waals surface area contributed by atoms with Crippen molar-refractivity contribution in [3.8, 4) is 0 Å². The van der Waals surface area contributed by atoms with E-state index in [1.807, 2.05) is 0 Å². The van der Waals surface area contributed by atoms with Gasteiger partial charge in [0.25, 0.3) is 29.5 Å². The molecule has 4 heterocycles. The summed E-state index contributed by atoms with van der Waals surface area (Å²) >= 11 is 2.97. The van der Waals surface area contributed by atoms with Crippen LogP contribution in [0.15, 0.2) is 52.9 Å². The molecular weight excluding hydrogens is 694 g/mol. The van der Waals surface area contributed by atoms with Crippen LogP contribution in [-0.4, -0.2) is 75.8 Å². The molecule has 0 atom stereocenters. The van der Waals surface area contributed by atoms with Crippen LogP contribution >= 0.6 is 15.9 Å². The highest BCUT2D eigenvalue weighted by Gasteiger charge is 2.21. The number of amides is 5. The molecule has 48 heavy (non-hydrogen) atoms. The fraction of sp³-hybridized carbons (Fsp3) is 0.214. The molecule has 0 aliphatic rings. The molecular formula is C28H32BrN13O6. The number of carbonyl (C=O) groups is 5. The van der Waals surface area contributed by atoms with Crippen molar-refractivity contribution in [1.29, 1.82) is 0 Å². The Morgan fingerprint density at radius 3 is 1.73 bits per heavy atom. The van der Waals surface area contributed by atoms with Crippen LogP contribution in [0, 0.1) is 0 Å². The van der Waals surface area contributed by atoms with Crippen molar-refractivity contribution in [3.05, 3.63) is 70.5 Å². The smallest absolute Gasteiger partial charge is 0.275 e. The van der Waals surface area contributed by atoms with E-state index in [2.05, 4.69) is 64.4 Å². The first kappa shape index (κ1) is 34.7. The Morgan fingerprint density at radius 2 is 1.23 bits per heavy atom. The molecule has 20 heteroatoms. The molecule has 0 saturated carbocycles. The number of hydrogen-bond donors (Lipinski definition) is 7. The predicted octanol–water partition coefficient (Wildman–Crippen LogP) is 1.30. The van der Waals surface area contributed by atoms with Crippen LogP contribution in [0.4, 0.5) is 23.0 Å². The predicted molar refractivity (Wildman–Crippen MR) is 178 cm³/mol. The van der Waals surface area contributed by atoms with Crippen molar-refractivity contribution >= 4 is 74.3 Å². The average molecular weight is 727 g/mol. The van der Waals surface area contributed by atoms with Gasteiger partial charge in [0.15, 0.2) is 11.6 Å². The molecule has 0 fully saturated rings. The lowest BCUT2D eigenvalue weighted by Crippen LogP contribution is -2.29. The van der Waals surface area contributed by atoms with Gasteiger partial charge in [0.2, 0.25) is 0 Å². The normalized spacial score (nSPS) is 11.1. The maximum absolute atomic E-state index is 13.1. The van der Waals surface area contributed by atoms with E-state index < -0.39 is 29.5 Å². The molecule has 8 N–H and O–H groups in total. The third-order valence-corrected chi connectivity index (χ3v) is 7.10. The van der Waals surface area contributed by atoms with Crippen molar-refractivity contribution in [3.63, 3.8) is 0 Å². The van der Waals surface area contributed by atoms with E-state index >= 15 is 0 Å². The summed E-state index contributed by atoms with van der Waals surface area (Å²) in [5.41, 5.74) is 6.79. The van der Waals surface area contributed by atoms with Gasteiger partial charge in [0, 0.05) is 65.7 Å². The maximum Gasteiger partial charge on any atom is 0.275 e. The second-order valence-corrected chi connectivity index (χ2v) is 11.3. The number of hydrogen-bond acceptors (Lipinski definition) is 9. The molecule has 0 aromatic carbocycles. The molecule has 0 unspecified atom stereocenters. The van der Waals surface area contributed by atoms with Crippen LogP contribution in [0.5, 0.6) is 0 Å². The van der Waals surface area contributed by atoms with E-state index in [1.165, 1.54) is 56.9 Å². The van der Waals surface area contributed by atoms with Crippen molar-refractivity contribution in [2.24, 2.45) is 39.1 Å². The molecule has 0 aliphatic heterocycles. The molecule has 19 nitrogen and oxygen atoms in total. The number of amidine groups is 1. The second-order valence-electron chi connectivity index (χ2n) is 10.3. The highest BCUT2D eigenvalue weighted by Crippen LogP contribution is 2.20. The lowest BCUT2D eigenvalue weighted by atomic mass is 10.3. The number of nitrogens with two attached hydrogens (primary N) is 1. The average Bonchev–Trinajstić information content (AvgIpc) is 3.78. The second kappa shape index (κ2) is 14.5. The van der Waals surface area contributed by atoms with Gasteiger partial charge in [0.05, 0.1) is 15.9 Å². The third-order valence-electron chi connectivity index (χ3n) is 6.74. The molecule has 5 amide bonds. The number of nitrogens with one attached hydrogen (secondary N) is 5. The SMILES string of the molecule is C=C(Br)C(=O)Nc1cc(C(=O)Nc2cc(C(=O)Nc3cc(C(=O)Nc4cc(C(=O)NCCC(N)=NO)n(C)c4)n(C)c3)n(C)n2)n(C)n1. The largest absolute Gasteiger partial charge is 0.409 e. The Kier molecular flexibility index (Phi) is 10.5. The summed E-state index contributed by atoms with van der Waals surface area (Å²) in [6.45, 7) is 3.63. The maximum atomic E-state index is 13.1. The standard InChI is InChI=1S/C28H32BrN13O6/c1-14(29)24(43)34-22-11-20(42(5)36-22)28(47)35-23-10-19(41(4)37-23)27(46)33-16-9-18(40(3)13-16)26(45)32-15-8-17(39(2)12-15)25(44)31-7-6-21(30)38-48/h8-13,48H,1,6-7H2,2-5H3,(H2,30,38)(H,31,44)(H,32,45)(H,33,46)(H,34,36,43)(H,35,37,47). The number of nitrogens with zero attached hydrogens (tertiary/aromatic N) is 7. The Hall–Kier alpha value is -6.18. The van der Waals surface area contributed by atoms with Gasteiger partial charge in [-0.25, -0.2) is 0 Å². The van der Waals surface area contributed by atoms with Gasteiger partial charge in [-0.05, 0) is 28.1 Å². The molecule has 0 saturated heterocycles. The van der Waals surface area contributed by atoms with Crippen LogP contribution in [0.2, 0.25) is 0 Å². The summed E-state index contributed by atoms with van der Waals surface area (Å²) in [6, 6.07) is 5.70. The van der Waals surface area contributed by atoms with Crippen LogP contribution < -0.4 is 32.3 Å². The van der Waals surface area contributed by atoms with Gasteiger partial charge in [0.1, 0.15) is 28.6 Å². The fourth-order valence-electron chi connectivity index (χ4n) is 4.40. The van der Waals surface area contributed by atoms with Crippen LogP contribution in [-0.2, 0) is 33.0 Å². The lowest BCUT2D eigenvalue weighted by Gasteiger charge is -2.04. The van der Waals surface area contributed by atoms with Gasteiger partial charge in [-0.3, -0.25) is 33.3 Å². The molecule has 0 bridgehead atoms. The van der Waals surface area contributed by atoms with Gasteiger partial charge in [-0.1, -0.05) is 11.7 Å². The Labute approximate surface area is 280 Å². The van der Waals surface area contributed by atoms with Crippen LogP contribution in [0.1, 0.15) is 48.4 Å². The van der Waals surface area contributed by atoms with E-state index in [-0.39, 0.29) is 57.7 Å². The van der Waals surface area contributed by atoms with Gasteiger partial charge in [-0.15, -0.1) is 0 Å².